The number of nitrogens with zero attached hydrogens (tertiary/aromatic N) is 1. The van der Waals surface area contributed by atoms with Gasteiger partial charge in [-0.3, -0.25) is 0 Å². The van der Waals surface area contributed by atoms with Crippen LogP contribution in [0.2, 0.25) is 0 Å². The van der Waals surface area contributed by atoms with Crippen LogP contribution in [0.4, 0.5) is 9.52 Å². The van der Waals surface area contributed by atoms with E-state index in [-0.39, 0.29) is 5.82 Å². The quantitative estimate of drug-likeness (QED) is 0.846. The van der Waals surface area contributed by atoms with Gasteiger partial charge in [0, 0.05) is 14.9 Å². The molecule has 0 aliphatic rings. The van der Waals surface area contributed by atoms with Crippen LogP contribution in [0, 0.1) is 16.3 Å². The largest absolute Gasteiger partial charge is 0.375 e. The highest BCUT2D eigenvalue weighted by atomic mass is 127. The molecule has 0 aliphatic heterocycles. The molecule has 0 radical (unpaired) electrons. The number of anilines is 1. The molecule has 84 valence electrons. The van der Waals surface area contributed by atoms with Gasteiger partial charge in [0.2, 0.25) is 0 Å². The van der Waals surface area contributed by atoms with Crippen molar-refractivity contribution in [1.29, 1.82) is 0 Å². The van der Waals surface area contributed by atoms with E-state index in [1.54, 1.807) is 0 Å². The Labute approximate surface area is 111 Å². The molecular formula is C11H10FIN2S. The maximum Gasteiger partial charge on any atom is 0.180 e. The second-order valence-corrected chi connectivity index (χ2v) is 5.75. The molecule has 0 unspecified atom stereocenters. The van der Waals surface area contributed by atoms with Gasteiger partial charge < -0.3 is 5.73 Å². The van der Waals surface area contributed by atoms with Crippen LogP contribution in [0.3, 0.4) is 0 Å². The van der Waals surface area contributed by atoms with Crippen LogP contribution >= 0.6 is 33.9 Å². The number of nitrogen functional groups attached to an aromatic ring is 1. The molecule has 1 aromatic heterocycles. The number of hydrogen-bond acceptors (Lipinski definition) is 3. The summed E-state index contributed by atoms with van der Waals surface area (Å²) in [4.78, 5) is 5.31. The van der Waals surface area contributed by atoms with Crippen molar-refractivity contribution in [1.82, 2.24) is 4.98 Å². The third-order valence-electron chi connectivity index (χ3n) is 2.28. The van der Waals surface area contributed by atoms with E-state index in [1.807, 2.05) is 13.0 Å². The van der Waals surface area contributed by atoms with E-state index in [0.717, 1.165) is 26.1 Å². The van der Waals surface area contributed by atoms with Crippen LogP contribution < -0.4 is 5.73 Å². The third-order valence-corrected chi connectivity index (χ3v) is 4.27. The van der Waals surface area contributed by atoms with Crippen molar-refractivity contribution >= 4 is 39.1 Å². The van der Waals surface area contributed by atoms with E-state index in [2.05, 4.69) is 27.6 Å². The van der Waals surface area contributed by atoms with E-state index in [4.69, 9.17) is 5.73 Å². The lowest BCUT2D eigenvalue weighted by molar-refractivity contribution is 0.626. The number of nitrogens with two attached hydrogens (primary N) is 1. The molecule has 2 nitrogen and oxygen atoms in total. The van der Waals surface area contributed by atoms with Crippen molar-refractivity contribution in [2.24, 2.45) is 0 Å². The molecule has 2 N–H and O–H groups in total. The summed E-state index contributed by atoms with van der Waals surface area (Å²) in [5.74, 6) is -0.200. The lowest BCUT2D eigenvalue weighted by Gasteiger charge is -2.03. The molecule has 1 aromatic carbocycles. The molecule has 0 spiro atoms. The average molecular weight is 348 g/mol. The third kappa shape index (κ3) is 2.52. The minimum Gasteiger partial charge on any atom is -0.375 e. The summed E-state index contributed by atoms with van der Waals surface area (Å²) in [7, 11) is 0. The molecule has 2 aromatic rings. The van der Waals surface area contributed by atoms with Crippen LogP contribution in [-0.2, 0) is 6.42 Å². The fourth-order valence-electron chi connectivity index (χ4n) is 1.45. The number of aromatic nitrogens is 1. The molecule has 0 bridgehead atoms. The van der Waals surface area contributed by atoms with Crippen molar-refractivity contribution in [2.45, 2.75) is 13.3 Å². The van der Waals surface area contributed by atoms with Gasteiger partial charge in [-0.25, -0.2) is 9.37 Å². The fraction of sp³-hybridized carbons (Fsp3) is 0.182. The van der Waals surface area contributed by atoms with Crippen molar-refractivity contribution in [3.8, 4) is 0 Å². The van der Waals surface area contributed by atoms with Gasteiger partial charge in [0.25, 0.3) is 0 Å². The van der Waals surface area contributed by atoms with E-state index in [0.29, 0.717) is 5.13 Å². The SMILES string of the molecule is Cc1nc(N)sc1Cc1ccc(F)cc1I. The molecule has 0 saturated carbocycles. The zero-order chi connectivity index (χ0) is 11.7. The molecular weight excluding hydrogens is 338 g/mol. The van der Waals surface area contributed by atoms with Gasteiger partial charge in [-0.05, 0) is 47.2 Å². The molecule has 5 heteroatoms. The smallest absolute Gasteiger partial charge is 0.180 e. The van der Waals surface area contributed by atoms with Crippen molar-refractivity contribution in [3.63, 3.8) is 0 Å². The molecule has 0 atom stereocenters. The lowest BCUT2D eigenvalue weighted by atomic mass is 10.1. The summed E-state index contributed by atoms with van der Waals surface area (Å²) in [6.45, 7) is 1.94. The van der Waals surface area contributed by atoms with Gasteiger partial charge in [-0.15, -0.1) is 11.3 Å². The molecule has 0 amide bonds. The maximum atomic E-state index is 12.9. The fourth-order valence-corrected chi connectivity index (χ4v) is 2.98. The Balaban J connectivity index is 2.30. The number of hydrogen-bond donors (Lipinski definition) is 1. The average Bonchev–Trinajstić information content (AvgIpc) is 2.50. The Hall–Kier alpha value is -0.690. The molecule has 0 aliphatic carbocycles. The summed E-state index contributed by atoms with van der Waals surface area (Å²) in [5.41, 5.74) is 7.71. The zero-order valence-corrected chi connectivity index (χ0v) is 11.6. The number of aryl methyl sites for hydroxylation is 1. The van der Waals surface area contributed by atoms with Crippen LogP contribution in [0.25, 0.3) is 0 Å². The van der Waals surface area contributed by atoms with Crippen molar-refractivity contribution < 1.29 is 4.39 Å². The first-order valence-corrected chi connectivity index (χ1v) is 6.61. The molecule has 0 saturated heterocycles. The van der Waals surface area contributed by atoms with E-state index in [1.165, 1.54) is 23.5 Å². The summed E-state index contributed by atoms with van der Waals surface area (Å²) in [6, 6.07) is 4.83. The second kappa shape index (κ2) is 4.67. The standard InChI is InChI=1S/C11H10FIN2S/c1-6-10(16-11(14)15-6)4-7-2-3-8(12)5-9(7)13/h2-3,5H,4H2,1H3,(H2,14,15). The topological polar surface area (TPSA) is 38.9 Å². The lowest BCUT2D eigenvalue weighted by Crippen LogP contribution is -1.92. The van der Waals surface area contributed by atoms with Gasteiger partial charge in [0.1, 0.15) is 5.82 Å². The van der Waals surface area contributed by atoms with Gasteiger partial charge in [-0.1, -0.05) is 6.07 Å². The summed E-state index contributed by atoms with van der Waals surface area (Å²) >= 11 is 3.64. The van der Waals surface area contributed by atoms with Gasteiger partial charge >= 0.3 is 0 Å². The Morgan fingerprint density at radius 2 is 2.25 bits per heavy atom. The first-order valence-electron chi connectivity index (χ1n) is 4.72. The predicted molar refractivity (Wildman–Crippen MR) is 73.2 cm³/mol. The monoisotopic (exact) mass is 348 g/mol. The minimum absolute atomic E-state index is 0.200. The van der Waals surface area contributed by atoms with Crippen molar-refractivity contribution in [2.75, 3.05) is 5.73 Å². The Bertz CT molecular complexity index is 525. The van der Waals surface area contributed by atoms with Gasteiger partial charge in [0.05, 0.1) is 5.69 Å². The molecule has 1 heterocycles. The van der Waals surface area contributed by atoms with E-state index >= 15 is 0 Å². The highest BCUT2D eigenvalue weighted by molar-refractivity contribution is 14.1. The highest BCUT2D eigenvalue weighted by Gasteiger charge is 2.08. The number of benzene rings is 1. The van der Waals surface area contributed by atoms with E-state index < -0.39 is 0 Å². The summed E-state index contributed by atoms with van der Waals surface area (Å²) in [5, 5.41) is 0.588. The van der Waals surface area contributed by atoms with Gasteiger partial charge in [-0.2, -0.15) is 0 Å². The van der Waals surface area contributed by atoms with Crippen LogP contribution in [0.15, 0.2) is 18.2 Å². The number of thiazole rings is 1. The predicted octanol–water partition coefficient (Wildman–Crippen LogP) is 3.37. The Morgan fingerprint density at radius 3 is 2.81 bits per heavy atom. The molecule has 16 heavy (non-hydrogen) atoms. The zero-order valence-electron chi connectivity index (χ0n) is 8.63. The number of halogens is 2. The van der Waals surface area contributed by atoms with Gasteiger partial charge in [0.15, 0.2) is 5.13 Å². The van der Waals surface area contributed by atoms with Crippen LogP contribution in [0.1, 0.15) is 16.1 Å². The minimum atomic E-state index is -0.200. The van der Waals surface area contributed by atoms with Crippen LogP contribution in [-0.4, -0.2) is 4.98 Å². The summed E-state index contributed by atoms with van der Waals surface area (Å²) in [6.07, 6.45) is 0.763. The second-order valence-electron chi connectivity index (χ2n) is 3.47. The first-order chi connectivity index (χ1) is 7.56. The molecule has 0 fully saturated rings. The molecule has 2 rings (SSSR count). The highest BCUT2D eigenvalue weighted by Crippen LogP contribution is 2.25. The summed E-state index contributed by atoms with van der Waals surface area (Å²) < 4.78 is 13.9. The Morgan fingerprint density at radius 1 is 1.50 bits per heavy atom. The maximum absolute atomic E-state index is 12.9. The van der Waals surface area contributed by atoms with Crippen molar-refractivity contribution in [3.05, 3.63) is 43.7 Å². The first kappa shape index (κ1) is 11.8. The normalized spacial score (nSPS) is 10.7. The Kier molecular flexibility index (Phi) is 3.44. The van der Waals surface area contributed by atoms with Crippen LogP contribution in [0.5, 0.6) is 0 Å². The van der Waals surface area contributed by atoms with E-state index in [9.17, 15) is 4.39 Å². The number of rotatable bonds is 2.